The van der Waals surface area contributed by atoms with Crippen LogP contribution in [0.1, 0.15) is 39.5 Å². The first-order chi connectivity index (χ1) is 8.76. The maximum absolute atomic E-state index is 5.29. The van der Waals surface area contributed by atoms with Crippen LogP contribution in [0.2, 0.25) is 0 Å². The Morgan fingerprint density at radius 1 is 1.22 bits per heavy atom. The number of benzene rings is 1. The Bertz CT molecular complexity index is 338. The minimum Gasteiger partial charge on any atom is -0.362 e. The summed E-state index contributed by atoms with van der Waals surface area (Å²) in [5, 5.41) is 7.23. The Hall–Kier alpha value is -1.09. The molecular formula is C15H24N2S. The lowest BCUT2D eigenvalue weighted by molar-refractivity contribution is 0.446. The van der Waals surface area contributed by atoms with E-state index in [1.165, 1.54) is 25.7 Å². The van der Waals surface area contributed by atoms with Crippen LogP contribution in [0, 0.1) is 5.92 Å². The third kappa shape index (κ3) is 6.01. The molecule has 3 heteroatoms. The van der Waals surface area contributed by atoms with Crippen molar-refractivity contribution in [1.82, 2.24) is 5.32 Å². The molecule has 0 fully saturated rings. The van der Waals surface area contributed by atoms with E-state index in [2.05, 4.69) is 24.5 Å². The van der Waals surface area contributed by atoms with Gasteiger partial charge in [-0.05, 0) is 36.7 Å². The van der Waals surface area contributed by atoms with Crippen LogP contribution in [-0.4, -0.2) is 11.7 Å². The van der Waals surface area contributed by atoms with E-state index < -0.39 is 0 Å². The molecule has 2 nitrogen and oxygen atoms in total. The fourth-order valence-electron chi connectivity index (χ4n) is 1.88. The second-order valence-electron chi connectivity index (χ2n) is 4.62. The number of hydrogen-bond donors (Lipinski definition) is 2. The van der Waals surface area contributed by atoms with Crippen molar-refractivity contribution in [2.75, 3.05) is 11.9 Å². The van der Waals surface area contributed by atoms with Gasteiger partial charge in [0.15, 0.2) is 5.11 Å². The van der Waals surface area contributed by atoms with Gasteiger partial charge in [-0.25, -0.2) is 0 Å². The molecule has 0 heterocycles. The van der Waals surface area contributed by atoms with Crippen LogP contribution in [0.25, 0.3) is 0 Å². The molecule has 0 spiro atoms. The van der Waals surface area contributed by atoms with Crippen molar-refractivity contribution in [2.45, 2.75) is 39.5 Å². The van der Waals surface area contributed by atoms with Crippen LogP contribution in [0.15, 0.2) is 30.3 Å². The van der Waals surface area contributed by atoms with E-state index in [9.17, 15) is 0 Å². The standard InChI is InChI=1S/C15H24N2S/c1-3-5-9-13(4-2)12-16-15(18)17-14-10-7-6-8-11-14/h6-8,10-11,13H,3-5,9,12H2,1-2H3,(H2,16,17,18). The summed E-state index contributed by atoms with van der Waals surface area (Å²) >= 11 is 5.29. The maximum atomic E-state index is 5.29. The van der Waals surface area contributed by atoms with Gasteiger partial charge in [0.05, 0.1) is 0 Å². The van der Waals surface area contributed by atoms with Gasteiger partial charge in [-0.15, -0.1) is 0 Å². The molecule has 18 heavy (non-hydrogen) atoms. The quantitative estimate of drug-likeness (QED) is 0.722. The Morgan fingerprint density at radius 3 is 2.56 bits per heavy atom. The molecule has 0 aromatic heterocycles. The first-order valence-corrected chi connectivity index (χ1v) is 7.27. The Morgan fingerprint density at radius 2 is 1.94 bits per heavy atom. The molecule has 0 aliphatic carbocycles. The Balaban J connectivity index is 2.27. The van der Waals surface area contributed by atoms with E-state index in [0.29, 0.717) is 0 Å². The molecule has 0 radical (unpaired) electrons. The number of hydrogen-bond acceptors (Lipinski definition) is 1. The minimum atomic E-state index is 0.719. The molecule has 0 bridgehead atoms. The SMILES string of the molecule is CCCCC(CC)CNC(=S)Nc1ccccc1. The molecule has 1 aromatic carbocycles. The molecular weight excluding hydrogens is 240 g/mol. The van der Waals surface area contributed by atoms with E-state index in [1.807, 2.05) is 30.3 Å². The third-order valence-electron chi connectivity index (χ3n) is 3.13. The highest BCUT2D eigenvalue weighted by Crippen LogP contribution is 2.11. The topological polar surface area (TPSA) is 24.1 Å². The van der Waals surface area contributed by atoms with Gasteiger partial charge in [-0.3, -0.25) is 0 Å². The van der Waals surface area contributed by atoms with Gasteiger partial charge < -0.3 is 10.6 Å². The predicted molar refractivity (Wildman–Crippen MR) is 84.0 cm³/mol. The molecule has 0 saturated heterocycles. The molecule has 0 amide bonds. The van der Waals surface area contributed by atoms with Crippen molar-refractivity contribution in [2.24, 2.45) is 5.92 Å². The predicted octanol–water partition coefficient (Wildman–Crippen LogP) is 4.19. The summed E-state index contributed by atoms with van der Waals surface area (Å²) in [4.78, 5) is 0. The van der Waals surface area contributed by atoms with Gasteiger partial charge in [-0.1, -0.05) is 51.3 Å². The van der Waals surface area contributed by atoms with Crippen LogP contribution in [0.4, 0.5) is 5.69 Å². The van der Waals surface area contributed by atoms with Crippen molar-refractivity contribution in [3.8, 4) is 0 Å². The average Bonchev–Trinajstić information content (AvgIpc) is 2.40. The number of para-hydroxylation sites is 1. The fourth-order valence-corrected chi connectivity index (χ4v) is 2.08. The highest BCUT2D eigenvalue weighted by molar-refractivity contribution is 7.80. The first-order valence-electron chi connectivity index (χ1n) is 6.86. The fraction of sp³-hybridized carbons (Fsp3) is 0.533. The highest BCUT2D eigenvalue weighted by Gasteiger charge is 2.06. The minimum absolute atomic E-state index is 0.719. The zero-order valence-electron chi connectivity index (χ0n) is 11.4. The molecule has 0 aliphatic rings. The molecule has 100 valence electrons. The van der Waals surface area contributed by atoms with Crippen LogP contribution in [-0.2, 0) is 0 Å². The van der Waals surface area contributed by atoms with Crippen LogP contribution in [0.5, 0.6) is 0 Å². The summed E-state index contributed by atoms with van der Waals surface area (Å²) < 4.78 is 0. The van der Waals surface area contributed by atoms with Crippen LogP contribution >= 0.6 is 12.2 Å². The molecule has 1 rings (SSSR count). The Kier molecular flexibility index (Phi) is 7.42. The van der Waals surface area contributed by atoms with E-state index >= 15 is 0 Å². The summed E-state index contributed by atoms with van der Waals surface area (Å²) in [5.41, 5.74) is 1.04. The number of rotatable bonds is 7. The second-order valence-corrected chi connectivity index (χ2v) is 5.03. The summed E-state index contributed by atoms with van der Waals surface area (Å²) in [5.74, 6) is 0.723. The first kappa shape index (κ1) is 15.0. The van der Waals surface area contributed by atoms with Gasteiger partial charge in [0.25, 0.3) is 0 Å². The van der Waals surface area contributed by atoms with E-state index in [4.69, 9.17) is 12.2 Å². The summed E-state index contributed by atoms with van der Waals surface area (Å²) in [6, 6.07) is 10.0. The van der Waals surface area contributed by atoms with Crippen molar-refractivity contribution in [1.29, 1.82) is 0 Å². The van der Waals surface area contributed by atoms with Gasteiger partial charge in [0, 0.05) is 12.2 Å². The lowest BCUT2D eigenvalue weighted by Gasteiger charge is -2.17. The normalized spacial score (nSPS) is 11.9. The highest BCUT2D eigenvalue weighted by atomic mass is 32.1. The Labute approximate surface area is 116 Å². The maximum Gasteiger partial charge on any atom is 0.170 e. The van der Waals surface area contributed by atoms with Gasteiger partial charge in [-0.2, -0.15) is 0 Å². The van der Waals surface area contributed by atoms with Crippen LogP contribution < -0.4 is 10.6 Å². The lowest BCUT2D eigenvalue weighted by Crippen LogP contribution is -2.32. The smallest absolute Gasteiger partial charge is 0.170 e. The van der Waals surface area contributed by atoms with Gasteiger partial charge >= 0.3 is 0 Å². The van der Waals surface area contributed by atoms with E-state index in [1.54, 1.807) is 0 Å². The van der Waals surface area contributed by atoms with E-state index in [-0.39, 0.29) is 0 Å². The molecule has 0 saturated carbocycles. The largest absolute Gasteiger partial charge is 0.362 e. The van der Waals surface area contributed by atoms with E-state index in [0.717, 1.165) is 23.3 Å². The summed E-state index contributed by atoms with van der Waals surface area (Å²) in [7, 11) is 0. The van der Waals surface area contributed by atoms with Crippen molar-refractivity contribution in [3.05, 3.63) is 30.3 Å². The number of nitrogens with one attached hydrogen (secondary N) is 2. The molecule has 0 aliphatic heterocycles. The third-order valence-corrected chi connectivity index (χ3v) is 3.37. The zero-order chi connectivity index (χ0) is 13.2. The number of unbranched alkanes of at least 4 members (excludes halogenated alkanes) is 1. The van der Waals surface area contributed by atoms with Crippen molar-refractivity contribution >= 4 is 23.0 Å². The molecule has 1 aromatic rings. The molecule has 1 atom stereocenters. The van der Waals surface area contributed by atoms with Crippen molar-refractivity contribution in [3.63, 3.8) is 0 Å². The van der Waals surface area contributed by atoms with Gasteiger partial charge in [0.2, 0.25) is 0 Å². The second kappa shape index (κ2) is 8.92. The number of thiocarbonyl (C=S) groups is 1. The monoisotopic (exact) mass is 264 g/mol. The number of anilines is 1. The zero-order valence-corrected chi connectivity index (χ0v) is 12.2. The average molecular weight is 264 g/mol. The molecule has 1 unspecified atom stereocenters. The summed E-state index contributed by atoms with van der Waals surface area (Å²) in [6.45, 7) is 5.45. The summed E-state index contributed by atoms with van der Waals surface area (Å²) in [6.07, 6.45) is 5.07. The lowest BCUT2D eigenvalue weighted by atomic mass is 9.99. The molecule has 2 N–H and O–H groups in total. The van der Waals surface area contributed by atoms with Crippen molar-refractivity contribution < 1.29 is 0 Å². The van der Waals surface area contributed by atoms with Crippen LogP contribution in [0.3, 0.4) is 0 Å². The van der Waals surface area contributed by atoms with Gasteiger partial charge in [0.1, 0.15) is 0 Å².